The zero-order valence-electron chi connectivity index (χ0n) is 23.3. The van der Waals surface area contributed by atoms with E-state index in [4.69, 9.17) is 14.2 Å². The first kappa shape index (κ1) is 30.5. The Balaban J connectivity index is 2.10. The lowest BCUT2D eigenvalue weighted by Crippen LogP contribution is -2.56. The molecule has 2 amide bonds. The summed E-state index contributed by atoms with van der Waals surface area (Å²) >= 11 is 0. The van der Waals surface area contributed by atoms with Crippen LogP contribution in [0.1, 0.15) is 91.0 Å². The largest absolute Gasteiger partial charge is 0.494 e. The number of hydrogen-bond acceptors (Lipinski definition) is 6. The number of esters is 1. The lowest BCUT2D eigenvalue weighted by Gasteiger charge is -2.31. The summed E-state index contributed by atoms with van der Waals surface area (Å²) in [6, 6.07) is 5.85. The van der Waals surface area contributed by atoms with Gasteiger partial charge in [-0.1, -0.05) is 57.6 Å². The molecule has 1 aliphatic rings. The third-order valence-electron chi connectivity index (χ3n) is 6.48. The summed E-state index contributed by atoms with van der Waals surface area (Å²) < 4.78 is 16.3. The fourth-order valence-electron chi connectivity index (χ4n) is 4.61. The van der Waals surface area contributed by atoms with Crippen LogP contribution in [0.2, 0.25) is 0 Å². The number of amides is 2. The van der Waals surface area contributed by atoms with Gasteiger partial charge in [-0.15, -0.1) is 0 Å². The van der Waals surface area contributed by atoms with E-state index < -0.39 is 35.7 Å². The maximum absolute atomic E-state index is 13.4. The smallest absolute Gasteiger partial charge is 0.408 e. The van der Waals surface area contributed by atoms with E-state index in [9.17, 15) is 14.4 Å². The molecule has 8 nitrogen and oxygen atoms in total. The van der Waals surface area contributed by atoms with Crippen LogP contribution in [0.15, 0.2) is 24.3 Å². The van der Waals surface area contributed by atoms with Crippen LogP contribution in [0, 0.1) is 5.92 Å². The topological polar surface area (TPSA) is 103 Å². The summed E-state index contributed by atoms with van der Waals surface area (Å²) in [4.78, 5) is 38.6. The fraction of sp³-hybridized carbons (Fsp3) is 0.690. The van der Waals surface area contributed by atoms with E-state index in [1.54, 1.807) is 20.8 Å². The van der Waals surface area contributed by atoms with Crippen LogP contribution in [-0.4, -0.2) is 49.4 Å². The van der Waals surface area contributed by atoms with Crippen molar-refractivity contribution in [2.24, 2.45) is 5.92 Å². The summed E-state index contributed by atoms with van der Waals surface area (Å²) in [6.45, 7) is 8.14. The molecule has 1 saturated carbocycles. The molecule has 8 heteroatoms. The van der Waals surface area contributed by atoms with Crippen LogP contribution in [0.5, 0.6) is 5.75 Å². The average Bonchev–Trinajstić information content (AvgIpc) is 2.86. The van der Waals surface area contributed by atoms with E-state index in [-0.39, 0.29) is 12.3 Å². The summed E-state index contributed by atoms with van der Waals surface area (Å²) in [6.07, 6.45) is 8.85. The van der Waals surface area contributed by atoms with Crippen molar-refractivity contribution >= 4 is 18.0 Å². The molecule has 0 aliphatic heterocycles. The number of methoxy groups -OCH3 is 1. The molecule has 37 heavy (non-hydrogen) atoms. The molecule has 1 fully saturated rings. The van der Waals surface area contributed by atoms with Gasteiger partial charge in [0.05, 0.1) is 13.7 Å². The first-order valence-corrected chi connectivity index (χ1v) is 13.7. The molecule has 0 spiro atoms. The second kappa shape index (κ2) is 15.5. The standard InChI is InChI=1S/C29H46N2O6/c1-6-7-8-12-18-36-23-17-13-14-21(19-23)20-24(27(33)35-5)30-26(32)25(22-15-10-9-11-16-22)31-28(34)37-29(2,3)4/h13-14,17,19,22,24-25H,6-12,15-16,18,20H2,1-5H3,(H,30,32)(H,31,34)/t24-,25-/m0/s1. The first-order valence-electron chi connectivity index (χ1n) is 13.7. The Morgan fingerprint density at radius 2 is 1.76 bits per heavy atom. The SMILES string of the molecule is CCCCCCOc1cccc(C[C@H](NC(=O)[C@@H](NC(=O)OC(C)(C)C)C2CCCCC2)C(=O)OC)c1. The summed E-state index contributed by atoms with van der Waals surface area (Å²) in [5, 5.41) is 5.61. The Hall–Kier alpha value is -2.77. The maximum atomic E-state index is 13.4. The normalized spacial score (nSPS) is 15.8. The van der Waals surface area contributed by atoms with Gasteiger partial charge in [0, 0.05) is 6.42 Å². The maximum Gasteiger partial charge on any atom is 0.408 e. The third kappa shape index (κ3) is 11.4. The zero-order valence-corrected chi connectivity index (χ0v) is 23.3. The average molecular weight is 519 g/mol. The molecule has 1 aromatic carbocycles. The van der Waals surface area contributed by atoms with Crippen molar-refractivity contribution < 1.29 is 28.6 Å². The predicted octanol–water partition coefficient (Wildman–Crippen LogP) is 5.32. The highest BCUT2D eigenvalue weighted by atomic mass is 16.6. The second-order valence-corrected chi connectivity index (χ2v) is 10.9. The van der Waals surface area contributed by atoms with E-state index in [1.807, 2.05) is 24.3 Å². The number of unbranched alkanes of at least 4 members (excludes halogenated alkanes) is 3. The van der Waals surface area contributed by atoms with Gasteiger partial charge in [0.25, 0.3) is 0 Å². The van der Waals surface area contributed by atoms with E-state index in [0.717, 1.165) is 56.3 Å². The van der Waals surface area contributed by atoms with Crippen LogP contribution in [0.3, 0.4) is 0 Å². The number of hydrogen-bond donors (Lipinski definition) is 2. The van der Waals surface area contributed by atoms with Crippen molar-refractivity contribution in [3.05, 3.63) is 29.8 Å². The van der Waals surface area contributed by atoms with Crippen LogP contribution in [0.4, 0.5) is 4.79 Å². The van der Waals surface area contributed by atoms with E-state index in [0.29, 0.717) is 6.61 Å². The van der Waals surface area contributed by atoms with Gasteiger partial charge in [-0.3, -0.25) is 4.79 Å². The Kier molecular flexibility index (Phi) is 12.7. The predicted molar refractivity (Wildman–Crippen MR) is 143 cm³/mol. The molecule has 0 bridgehead atoms. The molecule has 0 heterocycles. The van der Waals surface area contributed by atoms with Crippen LogP contribution >= 0.6 is 0 Å². The lowest BCUT2D eigenvalue weighted by atomic mass is 9.83. The van der Waals surface area contributed by atoms with Crippen molar-refractivity contribution in [3.63, 3.8) is 0 Å². The minimum atomic E-state index is -0.899. The number of alkyl carbamates (subject to hydrolysis) is 1. The van der Waals surface area contributed by atoms with Crippen LogP contribution in [0.25, 0.3) is 0 Å². The molecule has 2 N–H and O–H groups in total. The number of ether oxygens (including phenoxy) is 3. The molecule has 0 saturated heterocycles. The molecular formula is C29H46N2O6. The minimum Gasteiger partial charge on any atom is -0.494 e. The van der Waals surface area contributed by atoms with Gasteiger partial charge in [0.15, 0.2) is 0 Å². The Morgan fingerprint density at radius 3 is 2.41 bits per heavy atom. The van der Waals surface area contributed by atoms with Crippen molar-refractivity contribution in [2.45, 2.75) is 110 Å². The molecule has 1 aromatic rings. The van der Waals surface area contributed by atoms with Gasteiger partial charge in [0.2, 0.25) is 5.91 Å². The second-order valence-electron chi connectivity index (χ2n) is 10.9. The quantitative estimate of drug-likeness (QED) is 0.271. The molecule has 0 aromatic heterocycles. The fourth-order valence-corrected chi connectivity index (χ4v) is 4.61. The summed E-state index contributed by atoms with van der Waals surface area (Å²) in [7, 11) is 1.30. The highest BCUT2D eigenvalue weighted by molar-refractivity contribution is 5.90. The molecule has 1 aliphatic carbocycles. The molecule has 2 atom stereocenters. The molecule has 208 valence electrons. The monoisotopic (exact) mass is 518 g/mol. The van der Waals surface area contributed by atoms with Crippen molar-refractivity contribution in [1.29, 1.82) is 0 Å². The first-order chi connectivity index (χ1) is 17.6. The van der Waals surface area contributed by atoms with Gasteiger partial charge >= 0.3 is 12.1 Å². The van der Waals surface area contributed by atoms with Gasteiger partial charge in [0.1, 0.15) is 23.4 Å². The Bertz CT molecular complexity index is 860. The third-order valence-corrected chi connectivity index (χ3v) is 6.48. The van der Waals surface area contributed by atoms with Crippen molar-refractivity contribution in [1.82, 2.24) is 10.6 Å². The Morgan fingerprint density at radius 1 is 1.03 bits per heavy atom. The molecule has 2 rings (SSSR count). The number of carbonyl (C=O) groups is 3. The van der Waals surface area contributed by atoms with Crippen LogP contribution < -0.4 is 15.4 Å². The molecular weight excluding hydrogens is 472 g/mol. The molecule has 0 unspecified atom stereocenters. The van der Waals surface area contributed by atoms with Crippen LogP contribution in [-0.2, 0) is 25.5 Å². The van der Waals surface area contributed by atoms with Gasteiger partial charge < -0.3 is 24.8 Å². The highest BCUT2D eigenvalue weighted by Gasteiger charge is 2.34. The highest BCUT2D eigenvalue weighted by Crippen LogP contribution is 2.27. The lowest BCUT2D eigenvalue weighted by molar-refractivity contribution is -0.145. The van der Waals surface area contributed by atoms with E-state index >= 15 is 0 Å². The number of benzene rings is 1. The van der Waals surface area contributed by atoms with Gasteiger partial charge in [-0.25, -0.2) is 9.59 Å². The van der Waals surface area contributed by atoms with Gasteiger partial charge in [-0.2, -0.15) is 0 Å². The zero-order chi connectivity index (χ0) is 27.3. The Labute approximate surface area is 222 Å². The summed E-state index contributed by atoms with van der Waals surface area (Å²) in [5.74, 6) is -0.241. The number of nitrogens with one attached hydrogen (secondary N) is 2. The van der Waals surface area contributed by atoms with Crippen molar-refractivity contribution in [2.75, 3.05) is 13.7 Å². The van der Waals surface area contributed by atoms with E-state index in [2.05, 4.69) is 17.6 Å². The van der Waals surface area contributed by atoms with Gasteiger partial charge in [-0.05, 0) is 63.6 Å². The number of rotatable bonds is 13. The molecule has 0 radical (unpaired) electrons. The summed E-state index contributed by atoms with van der Waals surface area (Å²) in [5.41, 5.74) is 0.158. The van der Waals surface area contributed by atoms with Crippen molar-refractivity contribution in [3.8, 4) is 5.75 Å². The minimum absolute atomic E-state index is 0.0241. The number of carbonyl (C=O) groups excluding carboxylic acids is 3. The van der Waals surface area contributed by atoms with E-state index in [1.165, 1.54) is 20.0 Å².